The molecule has 0 spiro atoms. The van der Waals surface area contributed by atoms with Gasteiger partial charge in [0.1, 0.15) is 5.75 Å². The van der Waals surface area contributed by atoms with Gasteiger partial charge in [0.15, 0.2) is 6.61 Å². The molecule has 0 aliphatic rings. The summed E-state index contributed by atoms with van der Waals surface area (Å²) in [5, 5.41) is 2.76. The zero-order valence-corrected chi connectivity index (χ0v) is 16.0. The van der Waals surface area contributed by atoms with Crippen LogP contribution in [-0.4, -0.2) is 31.0 Å². The third-order valence-corrected chi connectivity index (χ3v) is 3.86. The molecular formula is C19H13Cl2F2NO5. The van der Waals surface area contributed by atoms with Crippen molar-refractivity contribution >= 4 is 47.1 Å². The van der Waals surface area contributed by atoms with Gasteiger partial charge in [-0.25, -0.2) is 4.79 Å². The van der Waals surface area contributed by atoms with Crippen LogP contribution in [0, 0.1) is 0 Å². The molecule has 2 rings (SSSR count). The molecule has 29 heavy (non-hydrogen) atoms. The Balaban J connectivity index is 1.81. The second kappa shape index (κ2) is 10.5. The molecule has 0 saturated heterocycles. The molecule has 0 aliphatic heterocycles. The Morgan fingerprint density at radius 1 is 1.07 bits per heavy atom. The Hall–Kier alpha value is -2.97. The molecule has 0 saturated carbocycles. The third kappa shape index (κ3) is 7.52. The van der Waals surface area contributed by atoms with E-state index in [1.54, 1.807) is 12.1 Å². The molecule has 152 valence electrons. The van der Waals surface area contributed by atoms with Crippen molar-refractivity contribution in [2.45, 2.75) is 6.61 Å². The van der Waals surface area contributed by atoms with Gasteiger partial charge in [-0.05, 0) is 48.0 Å². The Morgan fingerprint density at radius 3 is 2.38 bits per heavy atom. The average Bonchev–Trinajstić information content (AvgIpc) is 2.65. The van der Waals surface area contributed by atoms with Crippen LogP contribution in [-0.2, 0) is 14.3 Å². The van der Waals surface area contributed by atoms with E-state index in [0.29, 0.717) is 15.6 Å². The van der Waals surface area contributed by atoms with Crippen LogP contribution in [0.4, 0.5) is 8.78 Å². The van der Waals surface area contributed by atoms with Crippen molar-refractivity contribution in [3.8, 4) is 5.75 Å². The number of halogens is 4. The fraction of sp³-hybridized carbons (Fsp3) is 0.105. The molecule has 0 atom stereocenters. The van der Waals surface area contributed by atoms with Gasteiger partial charge in [-0.2, -0.15) is 8.78 Å². The molecule has 0 fully saturated rings. The number of ether oxygens (including phenoxy) is 2. The van der Waals surface area contributed by atoms with E-state index in [-0.39, 0.29) is 11.3 Å². The minimum atomic E-state index is -2.99. The maximum Gasteiger partial charge on any atom is 0.387 e. The smallest absolute Gasteiger partial charge is 0.387 e. The Bertz CT molecular complexity index is 933. The molecule has 0 aliphatic carbocycles. The maximum atomic E-state index is 12.1. The molecular weight excluding hydrogens is 431 g/mol. The maximum absolute atomic E-state index is 12.1. The van der Waals surface area contributed by atoms with E-state index < -0.39 is 31.0 Å². The average molecular weight is 444 g/mol. The van der Waals surface area contributed by atoms with Crippen LogP contribution < -0.4 is 10.1 Å². The summed E-state index contributed by atoms with van der Waals surface area (Å²) in [6.45, 7) is -3.69. The molecule has 2 aromatic rings. The molecule has 2 amide bonds. The van der Waals surface area contributed by atoms with E-state index in [1.165, 1.54) is 24.3 Å². The number of alkyl halides is 2. The number of imide groups is 1. The van der Waals surface area contributed by atoms with Crippen molar-refractivity contribution in [1.29, 1.82) is 0 Å². The molecule has 10 heteroatoms. The Kier molecular flexibility index (Phi) is 8.11. The highest BCUT2D eigenvalue weighted by Gasteiger charge is 2.13. The van der Waals surface area contributed by atoms with Crippen LogP contribution in [0.15, 0.2) is 48.5 Å². The SMILES string of the molecule is O=C(COC(=O)/C=C/c1ccc(Cl)cc1Cl)NC(=O)c1ccc(OC(F)F)cc1. The monoisotopic (exact) mass is 443 g/mol. The van der Waals surface area contributed by atoms with Crippen molar-refractivity contribution in [3.05, 3.63) is 69.7 Å². The molecule has 0 heterocycles. The summed E-state index contributed by atoms with van der Waals surface area (Å²) >= 11 is 11.7. The standard InChI is InChI=1S/C19H13Cl2F2NO5/c20-13-5-1-11(15(21)9-13)4-8-17(26)28-10-16(25)24-18(27)12-2-6-14(7-3-12)29-19(22)23/h1-9,19H,10H2,(H,24,25,27)/b8-4+. The predicted molar refractivity (Wildman–Crippen MR) is 102 cm³/mol. The number of carbonyl (C=O) groups excluding carboxylic acids is 3. The van der Waals surface area contributed by atoms with Crippen LogP contribution in [0.1, 0.15) is 15.9 Å². The number of esters is 1. The fourth-order valence-electron chi connectivity index (χ4n) is 2.00. The largest absolute Gasteiger partial charge is 0.452 e. The first kappa shape index (κ1) is 22.3. The van der Waals surface area contributed by atoms with Crippen molar-refractivity contribution in [1.82, 2.24) is 5.32 Å². The first-order valence-electron chi connectivity index (χ1n) is 7.93. The fourth-order valence-corrected chi connectivity index (χ4v) is 2.47. The second-order valence-corrected chi connectivity index (χ2v) is 6.23. The van der Waals surface area contributed by atoms with Gasteiger partial charge in [-0.3, -0.25) is 14.9 Å². The van der Waals surface area contributed by atoms with Gasteiger partial charge in [0.25, 0.3) is 11.8 Å². The van der Waals surface area contributed by atoms with Crippen molar-refractivity contribution in [2.75, 3.05) is 6.61 Å². The van der Waals surface area contributed by atoms with Gasteiger partial charge in [-0.1, -0.05) is 29.3 Å². The highest BCUT2D eigenvalue weighted by atomic mass is 35.5. The minimum Gasteiger partial charge on any atom is -0.452 e. The van der Waals surface area contributed by atoms with Gasteiger partial charge in [0.2, 0.25) is 0 Å². The third-order valence-electron chi connectivity index (χ3n) is 3.30. The lowest BCUT2D eigenvalue weighted by molar-refractivity contribution is -0.143. The van der Waals surface area contributed by atoms with E-state index in [2.05, 4.69) is 4.74 Å². The highest BCUT2D eigenvalue weighted by molar-refractivity contribution is 6.35. The summed E-state index contributed by atoms with van der Waals surface area (Å²) in [7, 11) is 0. The number of nitrogens with one attached hydrogen (secondary N) is 1. The van der Waals surface area contributed by atoms with Gasteiger partial charge < -0.3 is 9.47 Å². The van der Waals surface area contributed by atoms with E-state index in [4.69, 9.17) is 27.9 Å². The summed E-state index contributed by atoms with van der Waals surface area (Å²) in [5.41, 5.74) is 0.551. The van der Waals surface area contributed by atoms with Gasteiger partial charge >= 0.3 is 12.6 Å². The lowest BCUT2D eigenvalue weighted by atomic mass is 10.2. The highest BCUT2D eigenvalue weighted by Crippen LogP contribution is 2.22. The summed E-state index contributed by atoms with van der Waals surface area (Å²) in [6.07, 6.45) is 2.44. The number of rotatable bonds is 7. The first-order valence-corrected chi connectivity index (χ1v) is 8.69. The summed E-state index contributed by atoms with van der Waals surface area (Å²) < 4.78 is 33.0. The topological polar surface area (TPSA) is 81.7 Å². The zero-order valence-electron chi connectivity index (χ0n) is 14.5. The van der Waals surface area contributed by atoms with Crippen molar-refractivity contribution in [3.63, 3.8) is 0 Å². The summed E-state index contributed by atoms with van der Waals surface area (Å²) in [6, 6.07) is 9.38. The van der Waals surface area contributed by atoms with Gasteiger partial charge in [-0.15, -0.1) is 0 Å². The predicted octanol–water partition coefficient (Wildman–Crippen LogP) is 4.11. The van der Waals surface area contributed by atoms with Crippen molar-refractivity contribution < 1.29 is 32.6 Å². The van der Waals surface area contributed by atoms with E-state index in [1.807, 2.05) is 5.32 Å². The molecule has 0 unspecified atom stereocenters. The molecule has 0 radical (unpaired) electrons. The van der Waals surface area contributed by atoms with Crippen LogP contribution in [0.5, 0.6) is 5.75 Å². The van der Waals surface area contributed by atoms with E-state index in [0.717, 1.165) is 18.2 Å². The lowest BCUT2D eigenvalue weighted by Crippen LogP contribution is -2.34. The van der Waals surface area contributed by atoms with E-state index in [9.17, 15) is 23.2 Å². The molecule has 0 bridgehead atoms. The van der Waals surface area contributed by atoms with E-state index >= 15 is 0 Å². The van der Waals surface area contributed by atoms with Crippen LogP contribution in [0.2, 0.25) is 10.0 Å². The quantitative estimate of drug-likeness (QED) is 0.514. The normalized spacial score (nSPS) is 10.8. The molecule has 0 aromatic heterocycles. The number of hydrogen-bond donors (Lipinski definition) is 1. The summed E-state index contributed by atoms with van der Waals surface area (Å²) in [4.78, 5) is 35.3. The lowest BCUT2D eigenvalue weighted by Gasteiger charge is -2.06. The molecule has 6 nitrogen and oxygen atoms in total. The number of hydrogen-bond acceptors (Lipinski definition) is 5. The molecule has 2 aromatic carbocycles. The summed E-state index contributed by atoms with van der Waals surface area (Å²) in [5.74, 6) is -2.62. The van der Waals surface area contributed by atoms with Gasteiger partial charge in [0, 0.05) is 21.7 Å². The minimum absolute atomic E-state index is 0.0311. The number of carbonyl (C=O) groups is 3. The van der Waals surface area contributed by atoms with Crippen LogP contribution in [0.3, 0.4) is 0 Å². The van der Waals surface area contributed by atoms with Crippen molar-refractivity contribution in [2.24, 2.45) is 0 Å². The Labute approximate surface area is 174 Å². The number of amides is 2. The van der Waals surface area contributed by atoms with Crippen LogP contribution >= 0.6 is 23.2 Å². The van der Waals surface area contributed by atoms with Crippen LogP contribution in [0.25, 0.3) is 6.08 Å². The number of benzene rings is 2. The second-order valence-electron chi connectivity index (χ2n) is 5.39. The first-order chi connectivity index (χ1) is 13.7. The molecule has 1 N–H and O–H groups in total. The zero-order chi connectivity index (χ0) is 21.4. The Morgan fingerprint density at radius 2 is 1.76 bits per heavy atom. The van der Waals surface area contributed by atoms with Gasteiger partial charge in [0.05, 0.1) is 0 Å².